The van der Waals surface area contributed by atoms with Crippen molar-refractivity contribution in [2.75, 3.05) is 54.7 Å². The fraction of sp³-hybridized carbons (Fsp3) is 0.632. The first-order chi connectivity index (χ1) is 13.2. The van der Waals surface area contributed by atoms with Crippen molar-refractivity contribution in [2.45, 2.75) is 25.5 Å². The highest BCUT2D eigenvalue weighted by atomic mass is 127. The van der Waals surface area contributed by atoms with Crippen molar-refractivity contribution < 1.29 is 23.7 Å². The van der Waals surface area contributed by atoms with E-state index in [0.717, 1.165) is 37.5 Å². The molecule has 160 valence electrons. The van der Waals surface area contributed by atoms with Gasteiger partial charge >= 0.3 is 0 Å². The second-order valence-corrected chi connectivity index (χ2v) is 6.10. The molecule has 1 fully saturated rings. The molecule has 1 heterocycles. The Morgan fingerprint density at radius 2 is 1.86 bits per heavy atom. The van der Waals surface area contributed by atoms with E-state index in [1.807, 2.05) is 12.1 Å². The largest absolute Gasteiger partial charge is 0.493 e. The fourth-order valence-corrected chi connectivity index (χ4v) is 2.82. The van der Waals surface area contributed by atoms with Gasteiger partial charge in [-0.1, -0.05) is 0 Å². The molecule has 1 saturated heterocycles. The summed E-state index contributed by atoms with van der Waals surface area (Å²) in [7, 11) is 6.55. The molecule has 1 aromatic rings. The molecule has 2 rings (SSSR count). The molecular formula is C19H32IN3O5. The Kier molecular flexibility index (Phi) is 12.0. The number of nitrogens with one attached hydrogen (secondary N) is 2. The Morgan fingerprint density at radius 1 is 1.14 bits per heavy atom. The first-order valence-corrected chi connectivity index (χ1v) is 9.14. The second-order valence-electron chi connectivity index (χ2n) is 6.10. The van der Waals surface area contributed by atoms with Gasteiger partial charge in [-0.05, 0) is 30.5 Å². The van der Waals surface area contributed by atoms with Crippen molar-refractivity contribution in [3.63, 3.8) is 0 Å². The highest BCUT2D eigenvalue weighted by Crippen LogP contribution is 2.38. The molecule has 0 aromatic heterocycles. The molecule has 0 spiro atoms. The number of guanidine groups is 1. The Balaban J connectivity index is 0.00000392. The van der Waals surface area contributed by atoms with Crippen LogP contribution in [0.2, 0.25) is 0 Å². The molecule has 28 heavy (non-hydrogen) atoms. The third kappa shape index (κ3) is 7.51. The van der Waals surface area contributed by atoms with Crippen LogP contribution in [0, 0.1) is 0 Å². The van der Waals surface area contributed by atoms with E-state index in [2.05, 4.69) is 15.6 Å². The van der Waals surface area contributed by atoms with Gasteiger partial charge in [0.05, 0.1) is 34.0 Å². The van der Waals surface area contributed by atoms with Crippen molar-refractivity contribution in [3.05, 3.63) is 17.7 Å². The summed E-state index contributed by atoms with van der Waals surface area (Å²) < 4.78 is 27.2. The van der Waals surface area contributed by atoms with Gasteiger partial charge in [0.25, 0.3) is 0 Å². The number of halogens is 1. The van der Waals surface area contributed by atoms with Crippen LogP contribution >= 0.6 is 24.0 Å². The summed E-state index contributed by atoms with van der Waals surface area (Å²) in [6, 6.07) is 3.83. The maximum absolute atomic E-state index is 5.76. The third-order valence-electron chi connectivity index (χ3n) is 4.26. The molecule has 0 aliphatic carbocycles. The number of hydrogen-bond donors (Lipinski definition) is 2. The van der Waals surface area contributed by atoms with Crippen LogP contribution in [0.25, 0.3) is 0 Å². The van der Waals surface area contributed by atoms with E-state index in [9.17, 15) is 0 Å². The number of hydrogen-bond acceptors (Lipinski definition) is 6. The molecule has 0 bridgehead atoms. The highest BCUT2D eigenvalue weighted by molar-refractivity contribution is 14.0. The topological polar surface area (TPSA) is 82.6 Å². The van der Waals surface area contributed by atoms with E-state index >= 15 is 0 Å². The zero-order chi connectivity index (χ0) is 19.5. The van der Waals surface area contributed by atoms with Crippen molar-refractivity contribution in [2.24, 2.45) is 4.99 Å². The van der Waals surface area contributed by atoms with Crippen LogP contribution in [-0.4, -0.2) is 66.8 Å². The SMILES string of the molecule is CN=C(NCCCOC1CCOC1)NCc1cc(OC)c(OC)c(OC)c1.I. The zero-order valence-electron chi connectivity index (χ0n) is 17.1. The molecule has 9 heteroatoms. The summed E-state index contributed by atoms with van der Waals surface area (Å²) >= 11 is 0. The summed E-state index contributed by atoms with van der Waals surface area (Å²) in [5.41, 5.74) is 0.997. The Labute approximate surface area is 184 Å². The van der Waals surface area contributed by atoms with E-state index in [1.165, 1.54) is 0 Å². The second kappa shape index (κ2) is 13.7. The molecule has 1 unspecified atom stereocenters. The monoisotopic (exact) mass is 509 g/mol. The van der Waals surface area contributed by atoms with Gasteiger partial charge in [0, 0.05) is 33.4 Å². The maximum atomic E-state index is 5.76. The standard InChI is InChI=1S/C19H31N3O5.HI/c1-20-19(21-7-5-8-27-15-6-9-26-13-15)22-12-14-10-16(23-2)18(25-4)17(11-14)24-3;/h10-11,15H,5-9,12-13H2,1-4H3,(H2,20,21,22);1H. The molecule has 0 amide bonds. The van der Waals surface area contributed by atoms with Crippen LogP contribution in [-0.2, 0) is 16.0 Å². The predicted octanol–water partition coefficient (Wildman–Crippen LogP) is 2.19. The average molecular weight is 509 g/mol. The Bertz CT molecular complexity index is 584. The normalized spacial score (nSPS) is 16.3. The summed E-state index contributed by atoms with van der Waals surface area (Å²) in [5.74, 6) is 2.57. The van der Waals surface area contributed by atoms with Gasteiger partial charge in [-0.25, -0.2) is 0 Å². The van der Waals surface area contributed by atoms with Crippen LogP contribution in [0.4, 0.5) is 0 Å². The van der Waals surface area contributed by atoms with Crippen LogP contribution < -0.4 is 24.8 Å². The summed E-state index contributed by atoms with van der Waals surface area (Å²) in [5, 5.41) is 6.57. The van der Waals surface area contributed by atoms with Crippen molar-refractivity contribution in [1.82, 2.24) is 10.6 Å². The van der Waals surface area contributed by atoms with E-state index in [-0.39, 0.29) is 30.1 Å². The van der Waals surface area contributed by atoms with Crippen LogP contribution in [0.15, 0.2) is 17.1 Å². The smallest absolute Gasteiger partial charge is 0.203 e. The Hall–Kier alpha value is -1.46. The van der Waals surface area contributed by atoms with Crippen LogP contribution in [0.5, 0.6) is 17.2 Å². The lowest BCUT2D eigenvalue weighted by Gasteiger charge is -2.16. The van der Waals surface area contributed by atoms with Crippen molar-refractivity contribution in [1.29, 1.82) is 0 Å². The minimum absolute atomic E-state index is 0. The van der Waals surface area contributed by atoms with Gasteiger partial charge in [0.1, 0.15) is 0 Å². The van der Waals surface area contributed by atoms with E-state index in [4.69, 9.17) is 23.7 Å². The van der Waals surface area contributed by atoms with Gasteiger partial charge in [-0.15, -0.1) is 24.0 Å². The molecule has 1 aliphatic heterocycles. The van der Waals surface area contributed by atoms with Gasteiger partial charge in [0.2, 0.25) is 5.75 Å². The quantitative estimate of drug-likeness (QED) is 0.217. The lowest BCUT2D eigenvalue weighted by molar-refractivity contribution is 0.0420. The highest BCUT2D eigenvalue weighted by Gasteiger charge is 2.15. The Morgan fingerprint density at radius 3 is 2.39 bits per heavy atom. The molecule has 1 aliphatic rings. The van der Waals surface area contributed by atoms with E-state index in [1.54, 1.807) is 28.4 Å². The van der Waals surface area contributed by atoms with E-state index < -0.39 is 0 Å². The van der Waals surface area contributed by atoms with Crippen molar-refractivity contribution in [3.8, 4) is 17.2 Å². The summed E-state index contributed by atoms with van der Waals surface area (Å²) in [6.07, 6.45) is 2.15. The number of ether oxygens (including phenoxy) is 5. The van der Waals surface area contributed by atoms with Gasteiger partial charge in [-0.2, -0.15) is 0 Å². The van der Waals surface area contributed by atoms with Crippen molar-refractivity contribution >= 4 is 29.9 Å². The minimum atomic E-state index is 0. The maximum Gasteiger partial charge on any atom is 0.203 e. The van der Waals surface area contributed by atoms with Gasteiger partial charge in [-0.3, -0.25) is 4.99 Å². The third-order valence-corrected chi connectivity index (χ3v) is 4.26. The number of rotatable bonds is 10. The number of benzene rings is 1. The first-order valence-electron chi connectivity index (χ1n) is 9.14. The minimum Gasteiger partial charge on any atom is -0.493 e. The summed E-state index contributed by atoms with van der Waals surface area (Å²) in [6.45, 7) is 3.59. The zero-order valence-corrected chi connectivity index (χ0v) is 19.4. The average Bonchev–Trinajstić information content (AvgIpc) is 3.22. The molecular weight excluding hydrogens is 477 g/mol. The number of methoxy groups -OCH3 is 3. The lowest BCUT2D eigenvalue weighted by Crippen LogP contribution is -2.37. The summed E-state index contributed by atoms with van der Waals surface area (Å²) in [4.78, 5) is 4.24. The predicted molar refractivity (Wildman–Crippen MR) is 120 cm³/mol. The molecule has 0 radical (unpaired) electrons. The molecule has 1 aromatic carbocycles. The van der Waals surface area contributed by atoms with Crippen LogP contribution in [0.1, 0.15) is 18.4 Å². The molecule has 2 N–H and O–H groups in total. The molecule has 0 saturated carbocycles. The van der Waals surface area contributed by atoms with E-state index in [0.29, 0.717) is 37.0 Å². The van der Waals surface area contributed by atoms with Gasteiger partial charge < -0.3 is 34.3 Å². The molecule has 1 atom stereocenters. The van der Waals surface area contributed by atoms with Crippen LogP contribution in [0.3, 0.4) is 0 Å². The number of nitrogens with zero attached hydrogens (tertiary/aromatic N) is 1. The lowest BCUT2D eigenvalue weighted by atomic mass is 10.2. The van der Waals surface area contributed by atoms with Gasteiger partial charge in [0.15, 0.2) is 17.5 Å². The molecule has 8 nitrogen and oxygen atoms in total. The first kappa shape index (κ1) is 24.6. The number of aliphatic imine (C=N–C) groups is 1. The fourth-order valence-electron chi connectivity index (χ4n) is 2.82.